The highest BCUT2D eigenvalue weighted by Crippen LogP contribution is 2.39. The summed E-state index contributed by atoms with van der Waals surface area (Å²) in [7, 11) is 1.50. The molecule has 2 fully saturated rings. The van der Waals surface area contributed by atoms with Crippen LogP contribution in [0.15, 0.2) is 48.8 Å². The molecule has 1 aliphatic heterocycles. The number of morpholine rings is 1. The minimum absolute atomic E-state index is 0.0110. The number of ether oxygens (including phenoxy) is 2. The molecule has 0 spiro atoms. The van der Waals surface area contributed by atoms with E-state index in [4.69, 9.17) is 19.8 Å². The zero-order valence-corrected chi connectivity index (χ0v) is 23.4. The van der Waals surface area contributed by atoms with E-state index >= 15 is 4.39 Å². The Bertz CT molecular complexity index is 2300. The van der Waals surface area contributed by atoms with Crippen LogP contribution in [-0.4, -0.2) is 75.9 Å². The third-order valence-corrected chi connectivity index (χ3v) is 7.37. The second-order valence-corrected chi connectivity index (χ2v) is 10.3. The van der Waals surface area contributed by atoms with Crippen LogP contribution < -0.4 is 19.9 Å². The fraction of sp³-hybridized carbons (Fsp3) is 0.355. The Labute approximate surface area is 268 Å². The average molecular weight is 609 g/mol. The smallest absolute Gasteiger partial charge is 0.228 e. The van der Waals surface area contributed by atoms with E-state index in [2.05, 4.69) is 35.3 Å². The number of aromatic nitrogens is 6. The molecule has 4 aromatic heterocycles. The first kappa shape index (κ1) is 18.0. The molecule has 5 heterocycles. The van der Waals surface area contributed by atoms with E-state index in [-0.39, 0.29) is 68.8 Å². The van der Waals surface area contributed by atoms with Gasteiger partial charge in [-0.1, -0.05) is 19.1 Å². The highest BCUT2D eigenvalue weighted by Gasteiger charge is 2.39. The number of carbonyl (C=O) groups is 1. The zero-order chi connectivity index (χ0) is 40.0. The van der Waals surface area contributed by atoms with Gasteiger partial charge in [0.2, 0.25) is 5.91 Å². The molecule has 7 rings (SSSR count). The van der Waals surface area contributed by atoms with Crippen molar-refractivity contribution in [2.24, 2.45) is 11.8 Å². The van der Waals surface area contributed by atoms with Crippen molar-refractivity contribution in [3.8, 4) is 17.1 Å². The topological polar surface area (TPSA) is 123 Å². The minimum Gasteiger partial charge on any atom is -0.497 e. The summed E-state index contributed by atoms with van der Waals surface area (Å²) >= 11 is 0. The first-order valence-electron chi connectivity index (χ1n) is 19.0. The van der Waals surface area contributed by atoms with E-state index in [1.807, 2.05) is 6.92 Å². The van der Waals surface area contributed by atoms with Crippen molar-refractivity contribution in [1.82, 2.24) is 29.8 Å². The number of amides is 1. The van der Waals surface area contributed by atoms with Crippen molar-refractivity contribution in [2.75, 3.05) is 55.3 Å². The lowest BCUT2D eigenvalue weighted by molar-refractivity contribution is -0.117. The lowest BCUT2D eigenvalue weighted by Gasteiger charge is -2.28. The number of methoxy groups -OCH3 is 1. The standard InChI is InChI=1S/C31H32FN9O3/c1-18-12-21(18)31(42)34-26-13-22-23(29-35-27-14-24(32)25(17-41(27)38-29)40-8-10-44-11-9-40)15-33-30(28(22)37-36-26)39(2)16-19-4-6-20(43-3)7-5-19/h4-7,13-15,17-18,21H,8-12,16H2,1-3H3,(H,34,36,42)/t18-,21+/m1/s1/i2D3,8D2,9D2,10D2,11D2. The van der Waals surface area contributed by atoms with Crippen LogP contribution in [0.1, 0.15) is 34.0 Å². The number of hydrogen-bond donors (Lipinski definition) is 1. The van der Waals surface area contributed by atoms with Gasteiger partial charge < -0.3 is 24.6 Å². The highest BCUT2D eigenvalue weighted by molar-refractivity contribution is 6.01. The molecule has 12 nitrogen and oxygen atoms in total. The maximum absolute atomic E-state index is 15.8. The van der Waals surface area contributed by atoms with E-state index in [0.29, 0.717) is 17.7 Å². The van der Waals surface area contributed by atoms with Crippen molar-refractivity contribution in [3.05, 3.63) is 60.2 Å². The van der Waals surface area contributed by atoms with Crippen molar-refractivity contribution < 1.29 is 33.7 Å². The number of nitrogens with one attached hydrogen (secondary N) is 1. The average Bonchev–Trinajstić information content (AvgIpc) is 3.69. The third kappa shape index (κ3) is 5.34. The molecule has 1 aliphatic carbocycles. The quantitative estimate of drug-likeness (QED) is 0.277. The van der Waals surface area contributed by atoms with Gasteiger partial charge in [0.25, 0.3) is 0 Å². The highest BCUT2D eigenvalue weighted by atomic mass is 19.1. The molecule has 1 amide bonds. The maximum atomic E-state index is 15.8. The molecule has 226 valence electrons. The molecule has 5 aromatic rings. The van der Waals surface area contributed by atoms with Crippen LogP contribution in [0, 0.1) is 17.7 Å². The van der Waals surface area contributed by atoms with E-state index < -0.39 is 44.6 Å². The van der Waals surface area contributed by atoms with Crippen LogP contribution in [0.3, 0.4) is 0 Å². The Morgan fingerprint density at radius 2 is 2.05 bits per heavy atom. The number of fused-ring (bicyclic) bond motifs is 2. The molecule has 44 heavy (non-hydrogen) atoms. The molecular formula is C31H32FN9O3. The van der Waals surface area contributed by atoms with E-state index in [1.165, 1.54) is 19.4 Å². The van der Waals surface area contributed by atoms with Gasteiger partial charge in [-0.25, -0.2) is 18.9 Å². The maximum Gasteiger partial charge on any atom is 0.228 e. The van der Waals surface area contributed by atoms with Crippen LogP contribution >= 0.6 is 0 Å². The largest absolute Gasteiger partial charge is 0.497 e. The number of rotatable bonds is 8. The lowest BCUT2D eigenvalue weighted by atomic mass is 10.1. The van der Waals surface area contributed by atoms with Crippen molar-refractivity contribution >= 4 is 39.8 Å². The van der Waals surface area contributed by atoms with Crippen LogP contribution in [0.25, 0.3) is 27.9 Å². The van der Waals surface area contributed by atoms with E-state index in [0.717, 1.165) is 21.7 Å². The second kappa shape index (κ2) is 11.3. The Kier molecular flexibility index (Phi) is 4.63. The molecule has 13 heteroatoms. The summed E-state index contributed by atoms with van der Waals surface area (Å²) in [6.45, 7) is -14.7. The second-order valence-electron chi connectivity index (χ2n) is 10.3. The number of carbonyl (C=O) groups excluding carboxylic acids is 1. The van der Waals surface area contributed by atoms with Crippen LogP contribution in [0.4, 0.5) is 21.7 Å². The first-order valence-corrected chi connectivity index (χ1v) is 13.5. The van der Waals surface area contributed by atoms with Crippen LogP contribution in [-0.2, 0) is 16.1 Å². The fourth-order valence-electron chi connectivity index (χ4n) is 4.83. The van der Waals surface area contributed by atoms with Crippen LogP contribution in [0.2, 0.25) is 0 Å². The molecule has 0 bridgehead atoms. The van der Waals surface area contributed by atoms with Crippen molar-refractivity contribution in [3.63, 3.8) is 0 Å². The van der Waals surface area contributed by atoms with Gasteiger partial charge in [-0.3, -0.25) is 4.79 Å². The van der Waals surface area contributed by atoms with E-state index in [9.17, 15) is 4.79 Å². The summed E-state index contributed by atoms with van der Waals surface area (Å²) in [5.41, 5.74) is -0.387. The predicted octanol–water partition coefficient (Wildman–Crippen LogP) is 3.95. The lowest BCUT2D eigenvalue weighted by Crippen LogP contribution is -2.36. The van der Waals surface area contributed by atoms with Gasteiger partial charge >= 0.3 is 0 Å². The van der Waals surface area contributed by atoms with Gasteiger partial charge in [-0.05, 0) is 36.1 Å². The molecule has 0 radical (unpaired) electrons. The van der Waals surface area contributed by atoms with Crippen molar-refractivity contribution in [1.29, 1.82) is 0 Å². The summed E-state index contributed by atoms with van der Waals surface area (Å²) in [6, 6.07) is 8.95. The van der Waals surface area contributed by atoms with Gasteiger partial charge in [0.15, 0.2) is 28.9 Å². The van der Waals surface area contributed by atoms with Crippen molar-refractivity contribution in [2.45, 2.75) is 19.9 Å². The van der Waals surface area contributed by atoms with Gasteiger partial charge in [0.05, 0.1) is 43.1 Å². The monoisotopic (exact) mass is 608 g/mol. The first-order chi connectivity index (χ1) is 25.6. The molecule has 1 saturated heterocycles. The summed E-state index contributed by atoms with van der Waals surface area (Å²) in [6.07, 6.45) is 2.78. The molecule has 1 N–H and O–H groups in total. The molecule has 1 saturated carbocycles. The van der Waals surface area contributed by atoms with Gasteiger partial charge in [0.1, 0.15) is 11.3 Å². The third-order valence-electron chi connectivity index (χ3n) is 7.37. The number of benzene rings is 1. The minimum atomic E-state index is -3.44. The summed E-state index contributed by atoms with van der Waals surface area (Å²) in [5.74, 6) is -1.27. The number of pyridine rings is 2. The zero-order valence-electron chi connectivity index (χ0n) is 34.4. The number of halogens is 1. The summed E-state index contributed by atoms with van der Waals surface area (Å²) < 4.78 is 117. The number of anilines is 3. The Balaban J connectivity index is 1.37. The Morgan fingerprint density at radius 1 is 1.25 bits per heavy atom. The molecule has 1 aromatic carbocycles. The van der Waals surface area contributed by atoms with Gasteiger partial charge in [-0.15, -0.1) is 15.3 Å². The summed E-state index contributed by atoms with van der Waals surface area (Å²) in [5, 5.41) is 15.7. The summed E-state index contributed by atoms with van der Waals surface area (Å²) in [4.78, 5) is 22.7. The Hall–Kier alpha value is -4.91. The molecule has 0 unspecified atom stereocenters. The van der Waals surface area contributed by atoms with Gasteiger partial charge in [0, 0.05) is 59.8 Å². The molecule has 2 aliphatic rings. The molecule has 2 atom stereocenters. The normalized spacial score (nSPS) is 26.6. The predicted molar refractivity (Wildman–Crippen MR) is 163 cm³/mol. The van der Waals surface area contributed by atoms with E-state index in [1.54, 1.807) is 24.3 Å². The van der Waals surface area contributed by atoms with Crippen LogP contribution in [0.5, 0.6) is 5.75 Å². The van der Waals surface area contributed by atoms with Gasteiger partial charge in [-0.2, -0.15) is 0 Å². The number of hydrogen-bond acceptors (Lipinski definition) is 10. The molecular weight excluding hydrogens is 565 g/mol. The Morgan fingerprint density at radius 3 is 2.77 bits per heavy atom. The fourth-order valence-corrected chi connectivity index (χ4v) is 4.83. The SMILES string of the molecule is [2H]C([2H])([2H])N(Cc1ccc(OC)cc1)c1ncc(-c2nc3cc(F)c(N4C([2H])([2H])C([2H])([2H])OC([2H])([2H])C4([2H])[2H])cn3n2)c2cc(NC(=O)[C@H]3C[C@H]3C)nnc12. The number of nitrogens with zero attached hydrogens (tertiary/aromatic N) is 8.